The van der Waals surface area contributed by atoms with Gasteiger partial charge in [-0.3, -0.25) is 0 Å². The van der Waals surface area contributed by atoms with Gasteiger partial charge in [0.25, 0.3) is 0 Å². The van der Waals surface area contributed by atoms with Crippen LogP contribution in [0.2, 0.25) is 0 Å². The summed E-state index contributed by atoms with van der Waals surface area (Å²) >= 11 is 13.5. The first kappa shape index (κ1) is 19.7. The topological polar surface area (TPSA) is 105 Å². The molecule has 2 aromatic rings. The Morgan fingerprint density at radius 2 is 1.08 bits per heavy atom. The van der Waals surface area contributed by atoms with E-state index in [1.807, 2.05) is 38.1 Å². The fourth-order valence-corrected chi connectivity index (χ4v) is 5.89. The van der Waals surface area contributed by atoms with Gasteiger partial charge in [0.15, 0.2) is 11.1 Å². The normalized spacial score (nSPS) is 11.0. The van der Waals surface area contributed by atoms with Gasteiger partial charge in [0, 0.05) is 13.1 Å². The molecule has 0 fully saturated rings. The van der Waals surface area contributed by atoms with Gasteiger partial charge in [0.05, 0.1) is 9.06 Å². The average Bonchev–Trinajstić information content (AvgIpc) is 3.14. The maximum Gasteiger partial charge on any atom is 0.163 e. The Morgan fingerprint density at radius 1 is 0.769 bits per heavy atom. The molecule has 10 heteroatoms. The molecule has 0 atom stereocenters. The predicted octanol–water partition coefficient (Wildman–Crippen LogP) is 2.59. The number of aromatic nitrogens is 2. The van der Waals surface area contributed by atoms with Crippen LogP contribution < -0.4 is 9.33 Å². The fourth-order valence-electron chi connectivity index (χ4n) is 2.30. The molecular weight excluding hydrogens is 404 g/mol. The van der Waals surface area contributed by atoms with E-state index in [4.69, 9.17) is 24.4 Å². The number of hydrogen-bond donors (Lipinski definition) is 0. The zero-order chi connectivity index (χ0) is 19.4. The van der Waals surface area contributed by atoms with E-state index in [1.165, 1.54) is 22.7 Å². The molecule has 0 saturated carbocycles. The van der Waals surface area contributed by atoms with Crippen LogP contribution in [0.15, 0.2) is 0 Å². The second-order valence-electron chi connectivity index (χ2n) is 4.77. The maximum atomic E-state index is 9.20. The van der Waals surface area contributed by atoms with E-state index in [-0.39, 0.29) is 11.1 Å². The second kappa shape index (κ2) is 8.19. The Morgan fingerprint density at radius 3 is 1.31 bits per heavy atom. The minimum Gasteiger partial charge on any atom is -0.322 e. The lowest BCUT2D eigenvalue weighted by atomic mass is 10.4. The van der Waals surface area contributed by atoms with Crippen LogP contribution in [0.4, 0.5) is 0 Å². The van der Waals surface area contributed by atoms with Crippen molar-refractivity contribution in [1.29, 1.82) is 21.0 Å². The Balaban J connectivity index is 3.33. The molecule has 0 radical (unpaired) electrons. The van der Waals surface area contributed by atoms with Crippen molar-refractivity contribution >= 4 is 58.3 Å². The molecule has 26 heavy (non-hydrogen) atoms. The van der Waals surface area contributed by atoms with Gasteiger partial charge in [0.2, 0.25) is 0 Å². The summed E-state index contributed by atoms with van der Waals surface area (Å²) in [6.07, 6.45) is 0. The van der Waals surface area contributed by atoms with E-state index < -0.39 is 0 Å². The Hall–Kier alpha value is -2.60. The summed E-state index contributed by atoms with van der Waals surface area (Å²) < 4.78 is 6.70. The molecular formula is C16H10N6S4. The van der Waals surface area contributed by atoms with Crippen molar-refractivity contribution in [1.82, 2.24) is 9.13 Å². The number of rotatable bonds is 2. The van der Waals surface area contributed by atoms with Gasteiger partial charge in [-0.1, -0.05) is 24.4 Å². The molecule has 0 aliphatic rings. The summed E-state index contributed by atoms with van der Waals surface area (Å²) in [7, 11) is 0. The quantitative estimate of drug-likeness (QED) is 0.700. The standard InChI is InChI=1S/C16H10N6S4/c1-3-21-13(23)11(25-15(21)9(5-17)6-18)12-14(24)22(4-2)16(26-12)10(7-19)8-20/h3-4H2,1-2H3/b12-11+. The van der Waals surface area contributed by atoms with Crippen LogP contribution in [0.5, 0.6) is 0 Å². The van der Waals surface area contributed by atoms with E-state index in [9.17, 15) is 21.0 Å². The van der Waals surface area contributed by atoms with Gasteiger partial charge in [-0.2, -0.15) is 21.0 Å². The van der Waals surface area contributed by atoms with Crippen LogP contribution in [0.3, 0.4) is 0 Å². The molecule has 0 bridgehead atoms. The Bertz CT molecular complexity index is 1250. The summed E-state index contributed by atoms with van der Waals surface area (Å²) in [4.78, 5) is 0. The minimum atomic E-state index is -0.0124. The van der Waals surface area contributed by atoms with E-state index in [2.05, 4.69) is 0 Å². The van der Waals surface area contributed by atoms with Crippen molar-refractivity contribution in [3.8, 4) is 24.3 Å². The van der Waals surface area contributed by atoms with Gasteiger partial charge in [-0.05, 0) is 13.8 Å². The molecule has 0 aliphatic heterocycles. The molecule has 6 nitrogen and oxygen atoms in total. The van der Waals surface area contributed by atoms with Crippen molar-refractivity contribution in [2.75, 3.05) is 0 Å². The maximum absolute atomic E-state index is 9.20. The van der Waals surface area contributed by atoms with Gasteiger partial charge in [0.1, 0.15) is 42.9 Å². The third kappa shape index (κ3) is 3.12. The summed E-state index contributed by atoms with van der Waals surface area (Å²) in [6, 6.07) is 7.58. The number of thiazole rings is 2. The number of hydrogen-bond acceptors (Lipinski definition) is 8. The van der Waals surface area contributed by atoms with Crippen molar-refractivity contribution in [3.05, 3.63) is 27.7 Å². The monoisotopic (exact) mass is 414 g/mol. The zero-order valence-electron chi connectivity index (χ0n) is 13.7. The molecule has 0 unspecified atom stereocenters. The van der Waals surface area contributed by atoms with Crippen LogP contribution in [0, 0.1) is 63.7 Å². The zero-order valence-corrected chi connectivity index (χ0v) is 17.0. The van der Waals surface area contributed by atoms with Crippen molar-refractivity contribution < 1.29 is 0 Å². The van der Waals surface area contributed by atoms with E-state index in [1.54, 1.807) is 9.13 Å². The molecule has 0 N–H and O–H groups in total. The van der Waals surface area contributed by atoms with Gasteiger partial charge in [-0.15, -0.1) is 22.7 Å². The molecule has 0 aliphatic carbocycles. The first-order chi connectivity index (χ1) is 12.5. The Labute approximate surface area is 166 Å². The molecule has 0 spiro atoms. The van der Waals surface area contributed by atoms with E-state index in [0.717, 1.165) is 0 Å². The second-order valence-corrected chi connectivity index (χ2v) is 7.54. The largest absolute Gasteiger partial charge is 0.322 e. The Kier molecular flexibility index (Phi) is 6.21. The van der Waals surface area contributed by atoms with Gasteiger partial charge < -0.3 is 9.13 Å². The molecule has 2 heterocycles. The van der Waals surface area contributed by atoms with Gasteiger partial charge in [-0.25, -0.2) is 0 Å². The molecule has 0 saturated heterocycles. The highest BCUT2D eigenvalue weighted by atomic mass is 32.1. The van der Waals surface area contributed by atoms with E-state index >= 15 is 0 Å². The van der Waals surface area contributed by atoms with Crippen molar-refractivity contribution in [2.24, 2.45) is 0 Å². The number of nitrogens with zero attached hydrogens (tertiary/aromatic N) is 6. The number of nitriles is 4. The third-order valence-corrected chi connectivity index (χ3v) is 7.16. The average molecular weight is 415 g/mol. The lowest BCUT2D eigenvalue weighted by Gasteiger charge is -1.95. The van der Waals surface area contributed by atoms with Crippen molar-refractivity contribution in [3.63, 3.8) is 0 Å². The third-order valence-electron chi connectivity index (χ3n) is 3.48. The van der Waals surface area contributed by atoms with Gasteiger partial charge >= 0.3 is 0 Å². The predicted molar refractivity (Wildman–Crippen MR) is 104 cm³/mol. The highest BCUT2D eigenvalue weighted by Gasteiger charge is 2.10. The molecule has 0 amide bonds. The molecule has 0 aromatic carbocycles. The first-order valence-corrected chi connectivity index (χ1v) is 9.76. The van der Waals surface area contributed by atoms with Crippen LogP contribution in [0.25, 0.3) is 11.1 Å². The van der Waals surface area contributed by atoms with Crippen LogP contribution in [0.1, 0.15) is 13.8 Å². The first-order valence-electron chi connectivity index (χ1n) is 7.31. The highest BCUT2D eigenvalue weighted by molar-refractivity contribution is 7.71. The summed E-state index contributed by atoms with van der Waals surface area (Å²) in [5.74, 6) is 0. The molecule has 2 aromatic heterocycles. The highest BCUT2D eigenvalue weighted by Crippen LogP contribution is 2.11. The summed E-state index contributed by atoms with van der Waals surface area (Å²) in [5.41, 5.74) is -0.0249. The fraction of sp³-hybridized carbons (Fsp3) is 0.250. The van der Waals surface area contributed by atoms with E-state index in [0.29, 0.717) is 40.8 Å². The molecule has 128 valence electrons. The minimum absolute atomic E-state index is 0.0124. The van der Waals surface area contributed by atoms with Crippen LogP contribution in [-0.4, -0.2) is 9.13 Å². The van der Waals surface area contributed by atoms with Crippen LogP contribution >= 0.6 is 47.1 Å². The smallest absolute Gasteiger partial charge is 0.163 e. The molecule has 2 rings (SSSR count). The lowest BCUT2D eigenvalue weighted by Crippen LogP contribution is -2.15. The summed E-state index contributed by atoms with van der Waals surface area (Å²) in [5, 5.41) is 36.8. The van der Waals surface area contributed by atoms with Crippen molar-refractivity contribution in [2.45, 2.75) is 26.9 Å². The SMILES string of the molecule is CCn1c(=C(C#N)C#N)s/c(=c2/sc(=C(C#N)C#N)n(CC)c2=S)c1=S. The lowest BCUT2D eigenvalue weighted by molar-refractivity contribution is 0.735. The van der Waals surface area contributed by atoms with Crippen LogP contribution in [-0.2, 0) is 13.1 Å². The summed E-state index contributed by atoms with van der Waals surface area (Å²) in [6.45, 7) is 4.76.